The molecular formula is C11H14N2O2. The summed E-state index contributed by atoms with van der Waals surface area (Å²) in [7, 11) is 0. The van der Waals surface area contributed by atoms with Crippen molar-refractivity contribution in [1.82, 2.24) is 10.3 Å². The number of aromatic nitrogens is 1. The number of aromatic carboxylic acids is 1. The van der Waals surface area contributed by atoms with Crippen molar-refractivity contribution in [1.29, 1.82) is 0 Å². The van der Waals surface area contributed by atoms with Gasteiger partial charge in [-0.3, -0.25) is 4.98 Å². The first kappa shape index (κ1) is 10.1. The van der Waals surface area contributed by atoms with Crippen LogP contribution < -0.4 is 5.32 Å². The summed E-state index contributed by atoms with van der Waals surface area (Å²) in [5, 5.41) is 12.3. The Morgan fingerprint density at radius 1 is 1.60 bits per heavy atom. The maximum absolute atomic E-state index is 11.0. The topological polar surface area (TPSA) is 62.2 Å². The molecule has 2 N–H and O–H groups in total. The number of pyridine rings is 1. The summed E-state index contributed by atoms with van der Waals surface area (Å²) >= 11 is 0. The fraction of sp³-hybridized carbons (Fsp3) is 0.455. The Balaban J connectivity index is 2.57. The third-order valence-electron chi connectivity index (χ3n) is 2.81. The average molecular weight is 206 g/mol. The van der Waals surface area contributed by atoms with E-state index in [0.29, 0.717) is 5.56 Å². The first-order chi connectivity index (χ1) is 7.24. The predicted octanol–water partition coefficient (Wildman–Crippen LogP) is 0.988. The van der Waals surface area contributed by atoms with Gasteiger partial charge in [0, 0.05) is 18.4 Å². The molecule has 1 aliphatic rings. The summed E-state index contributed by atoms with van der Waals surface area (Å²) in [5.41, 5.74) is 3.43. The highest BCUT2D eigenvalue weighted by Gasteiger charge is 2.20. The van der Waals surface area contributed by atoms with Crippen LogP contribution in [0.5, 0.6) is 0 Å². The molecule has 1 aromatic heterocycles. The van der Waals surface area contributed by atoms with Crippen molar-refractivity contribution in [3.63, 3.8) is 0 Å². The second-order valence-electron chi connectivity index (χ2n) is 3.66. The number of carbonyl (C=O) groups is 1. The number of fused-ring (bicyclic) bond motifs is 1. The molecule has 2 rings (SSSR count). The van der Waals surface area contributed by atoms with E-state index >= 15 is 0 Å². The molecule has 4 nitrogen and oxygen atoms in total. The smallest absolute Gasteiger partial charge is 0.337 e. The third kappa shape index (κ3) is 1.72. The predicted molar refractivity (Wildman–Crippen MR) is 56.0 cm³/mol. The average Bonchev–Trinajstić information content (AvgIpc) is 2.27. The fourth-order valence-electron chi connectivity index (χ4n) is 2.05. The maximum Gasteiger partial charge on any atom is 0.337 e. The van der Waals surface area contributed by atoms with Crippen molar-refractivity contribution in [2.24, 2.45) is 0 Å². The molecule has 0 amide bonds. The summed E-state index contributed by atoms with van der Waals surface area (Å²) < 4.78 is 0. The van der Waals surface area contributed by atoms with Gasteiger partial charge in [0.05, 0.1) is 5.56 Å². The second-order valence-corrected chi connectivity index (χ2v) is 3.66. The lowest BCUT2D eigenvalue weighted by atomic mass is 9.95. The van der Waals surface area contributed by atoms with E-state index in [0.717, 1.165) is 42.8 Å². The zero-order valence-electron chi connectivity index (χ0n) is 8.71. The van der Waals surface area contributed by atoms with Gasteiger partial charge < -0.3 is 10.4 Å². The monoisotopic (exact) mass is 206 g/mol. The molecule has 0 fully saturated rings. The van der Waals surface area contributed by atoms with Crippen molar-refractivity contribution in [2.75, 3.05) is 6.54 Å². The highest BCUT2D eigenvalue weighted by Crippen LogP contribution is 2.21. The summed E-state index contributed by atoms with van der Waals surface area (Å²) in [6.45, 7) is 3.63. The lowest BCUT2D eigenvalue weighted by Gasteiger charge is -2.20. The Bertz CT molecular complexity index is 402. The molecule has 0 aromatic carbocycles. The van der Waals surface area contributed by atoms with Crippen LogP contribution in [0.2, 0.25) is 0 Å². The van der Waals surface area contributed by atoms with Crippen LogP contribution in [0.4, 0.5) is 0 Å². The van der Waals surface area contributed by atoms with Crippen LogP contribution in [-0.4, -0.2) is 22.6 Å². The molecule has 0 saturated heterocycles. The molecule has 0 aliphatic carbocycles. The van der Waals surface area contributed by atoms with Crippen molar-refractivity contribution in [3.8, 4) is 0 Å². The van der Waals surface area contributed by atoms with Gasteiger partial charge in [0.15, 0.2) is 0 Å². The van der Waals surface area contributed by atoms with Crippen LogP contribution in [0.25, 0.3) is 0 Å². The van der Waals surface area contributed by atoms with Gasteiger partial charge in [0.25, 0.3) is 0 Å². The van der Waals surface area contributed by atoms with Gasteiger partial charge in [-0.05, 0) is 30.5 Å². The number of hydrogen-bond acceptors (Lipinski definition) is 3. The minimum atomic E-state index is -0.872. The molecular weight excluding hydrogens is 192 g/mol. The van der Waals surface area contributed by atoms with E-state index in [1.165, 1.54) is 6.20 Å². The Morgan fingerprint density at radius 3 is 3.07 bits per heavy atom. The number of rotatable bonds is 2. The molecule has 15 heavy (non-hydrogen) atoms. The number of carboxylic acids is 1. The van der Waals surface area contributed by atoms with Crippen molar-refractivity contribution < 1.29 is 9.90 Å². The number of nitrogens with zero attached hydrogens (tertiary/aromatic N) is 1. The largest absolute Gasteiger partial charge is 0.478 e. The van der Waals surface area contributed by atoms with E-state index in [1.807, 2.05) is 6.92 Å². The molecule has 0 saturated carbocycles. The molecule has 0 spiro atoms. The van der Waals surface area contributed by atoms with E-state index < -0.39 is 5.97 Å². The minimum absolute atomic E-state index is 0.365. The lowest BCUT2D eigenvalue weighted by Crippen LogP contribution is -2.27. The van der Waals surface area contributed by atoms with Gasteiger partial charge in [0.1, 0.15) is 0 Å². The number of nitrogens with one attached hydrogen (secondary N) is 1. The van der Waals surface area contributed by atoms with Gasteiger partial charge in [-0.2, -0.15) is 0 Å². The van der Waals surface area contributed by atoms with Crippen molar-refractivity contribution >= 4 is 5.97 Å². The van der Waals surface area contributed by atoms with Crippen molar-refractivity contribution in [2.45, 2.75) is 26.3 Å². The molecule has 0 atom stereocenters. The zero-order chi connectivity index (χ0) is 10.8. The molecule has 0 radical (unpaired) electrons. The summed E-state index contributed by atoms with van der Waals surface area (Å²) in [4.78, 5) is 15.2. The number of hydrogen-bond donors (Lipinski definition) is 2. The van der Waals surface area contributed by atoms with Crippen LogP contribution >= 0.6 is 0 Å². The van der Waals surface area contributed by atoms with Gasteiger partial charge in [-0.15, -0.1) is 0 Å². The van der Waals surface area contributed by atoms with Crippen LogP contribution in [0.3, 0.4) is 0 Å². The molecule has 2 heterocycles. The van der Waals surface area contributed by atoms with Crippen LogP contribution in [0.1, 0.15) is 34.1 Å². The van der Waals surface area contributed by atoms with Gasteiger partial charge in [-0.25, -0.2) is 4.79 Å². The first-order valence-corrected chi connectivity index (χ1v) is 5.17. The minimum Gasteiger partial charge on any atom is -0.478 e. The van der Waals surface area contributed by atoms with E-state index in [1.54, 1.807) is 0 Å². The van der Waals surface area contributed by atoms with E-state index in [2.05, 4.69) is 10.3 Å². The molecule has 1 aliphatic heterocycles. The molecule has 4 heteroatoms. The van der Waals surface area contributed by atoms with Crippen LogP contribution in [0, 0.1) is 0 Å². The summed E-state index contributed by atoms with van der Waals surface area (Å²) in [6, 6.07) is 0. The highest BCUT2D eigenvalue weighted by molar-refractivity contribution is 5.89. The molecule has 1 aromatic rings. The normalized spacial score (nSPS) is 14.7. The number of aryl methyl sites for hydroxylation is 1. The molecule has 0 unspecified atom stereocenters. The first-order valence-electron chi connectivity index (χ1n) is 5.17. The Labute approximate surface area is 88.3 Å². The van der Waals surface area contributed by atoms with Crippen molar-refractivity contribution in [3.05, 3.63) is 28.6 Å². The zero-order valence-corrected chi connectivity index (χ0v) is 8.71. The SMILES string of the molecule is CCc1ncc(C(=O)O)c2c1CNCC2. The Morgan fingerprint density at radius 2 is 2.40 bits per heavy atom. The van der Waals surface area contributed by atoms with E-state index in [-0.39, 0.29) is 0 Å². The van der Waals surface area contributed by atoms with Gasteiger partial charge in [0.2, 0.25) is 0 Å². The third-order valence-corrected chi connectivity index (χ3v) is 2.81. The van der Waals surface area contributed by atoms with E-state index in [4.69, 9.17) is 5.11 Å². The van der Waals surface area contributed by atoms with Gasteiger partial charge >= 0.3 is 5.97 Å². The standard InChI is InChI=1S/C11H14N2O2/c1-2-10-8-5-12-4-3-7(8)9(6-13-10)11(14)15/h6,12H,2-5H2,1H3,(H,14,15). The summed E-state index contributed by atoms with van der Waals surface area (Å²) in [5.74, 6) is -0.872. The Hall–Kier alpha value is -1.42. The van der Waals surface area contributed by atoms with E-state index in [9.17, 15) is 4.79 Å². The summed E-state index contributed by atoms with van der Waals surface area (Å²) in [6.07, 6.45) is 3.13. The van der Waals surface area contributed by atoms with Crippen LogP contribution in [-0.2, 0) is 19.4 Å². The van der Waals surface area contributed by atoms with Crippen LogP contribution in [0.15, 0.2) is 6.20 Å². The second kappa shape index (κ2) is 3.98. The maximum atomic E-state index is 11.0. The molecule has 80 valence electrons. The van der Waals surface area contributed by atoms with Gasteiger partial charge in [-0.1, -0.05) is 6.92 Å². The lowest BCUT2D eigenvalue weighted by molar-refractivity contribution is 0.0695. The highest BCUT2D eigenvalue weighted by atomic mass is 16.4. The number of carboxylic acid groups (broad SMARTS) is 1. The Kier molecular flexibility index (Phi) is 2.68. The fourth-order valence-corrected chi connectivity index (χ4v) is 2.05. The quantitative estimate of drug-likeness (QED) is 0.757. The molecule has 0 bridgehead atoms.